The van der Waals surface area contributed by atoms with Gasteiger partial charge in [0.25, 0.3) is 0 Å². The first-order valence-electron chi connectivity index (χ1n) is 6.45. The van der Waals surface area contributed by atoms with Crippen LogP contribution < -0.4 is 10.6 Å². The minimum Gasteiger partial charge on any atom is -0.372 e. The molecular formula is C14H21FN2. The molecule has 0 bridgehead atoms. The van der Waals surface area contributed by atoms with Crippen LogP contribution in [0.1, 0.15) is 24.8 Å². The Labute approximate surface area is 103 Å². The quantitative estimate of drug-likeness (QED) is 0.870. The van der Waals surface area contributed by atoms with Gasteiger partial charge in [-0.2, -0.15) is 0 Å². The molecule has 0 aliphatic carbocycles. The number of anilines is 1. The number of nitrogens with two attached hydrogens (primary N) is 1. The van der Waals surface area contributed by atoms with E-state index in [4.69, 9.17) is 5.73 Å². The van der Waals surface area contributed by atoms with Crippen LogP contribution in [0.2, 0.25) is 0 Å². The summed E-state index contributed by atoms with van der Waals surface area (Å²) in [5, 5.41) is 0. The Morgan fingerprint density at radius 3 is 2.35 bits per heavy atom. The van der Waals surface area contributed by atoms with E-state index in [-0.39, 0.29) is 6.04 Å². The maximum absolute atomic E-state index is 12.3. The molecule has 0 radical (unpaired) electrons. The number of piperidine rings is 1. The summed E-state index contributed by atoms with van der Waals surface area (Å²) >= 11 is 0. The molecule has 94 valence electrons. The molecule has 1 aliphatic rings. The molecule has 1 saturated heterocycles. The predicted octanol–water partition coefficient (Wildman–Crippen LogP) is 2.52. The number of halogens is 1. The third kappa shape index (κ3) is 3.43. The maximum Gasteiger partial charge on any atom is 0.105 e. The summed E-state index contributed by atoms with van der Waals surface area (Å²) in [6.45, 7) is 1.86. The monoisotopic (exact) mass is 236 g/mol. The van der Waals surface area contributed by atoms with E-state index in [0.717, 1.165) is 18.7 Å². The molecule has 0 aromatic heterocycles. The molecule has 1 heterocycles. The lowest BCUT2D eigenvalue weighted by Gasteiger charge is -2.28. The molecule has 1 fully saturated rings. The molecule has 0 amide bonds. The smallest absolute Gasteiger partial charge is 0.105 e. The van der Waals surface area contributed by atoms with Crippen molar-refractivity contribution in [3.8, 4) is 0 Å². The van der Waals surface area contributed by atoms with E-state index in [1.807, 2.05) is 0 Å². The molecule has 3 heteroatoms. The Balaban J connectivity index is 1.97. The van der Waals surface area contributed by atoms with Crippen molar-refractivity contribution in [1.82, 2.24) is 0 Å². The highest BCUT2D eigenvalue weighted by Gasteiger charge is 2.10. The molecule has 1 atom stereocenters. The van der Waals surface area contributed by atoms with E-state index in [0.29, 0.717) is 6.42 Å². The number of rotatable bonds is 4. The standard InChI is InChI=1S/C14H21FN2/c15-11-13(16)10-12-4-6-14(7-5-12)17-8-2-1-3-9-17/h4-7,13H,1-3,8-11,16H2. The highest BCUT2D eigenvalue weighted by molar-refractivity contribution is 5.48. The van der Waals surface area contributed by atoms with Gasteiger partial charge in [0.2, 0.25) is 0 Å². The summed E-state index contributed by atoms with van der Waals surface area (Å²) in [6, 6.07) is 8.03. The van der Waals surface area contributed by atoms with E-state index in [1.54, 1.807) is 0 Å². The third-order valence-electron chi connectivity index (χ3n) is 3.35. The largest absolute Gasteiger partial charge is 0.372 e. The number of hydrogen-bond donors (Lipinski definition) is 1. The first-order chi connectivity index (χ1) is 8.29. The van der Waals surface area contributed by atoms with Crippen LogP contribution in [0.4, 0.5) is 10.1 Å². The topological polar surface area (TPSA) is 29.3 Å². The first kappa shape index (κ1) is 12.4. The van der Waals surface area contributed by atoms with Gasteiger partial charge in [-0.05, 0) is 43.4 Å². The van der Waals surface area contributed by atoms with Crippen molar-refractivity contribution in [2.45, 2.75) is 31.7 Å². The van der Waals surface area contributed by atoms with Gasteiger partial charge in [0.05, 0.1) is 0 Å². The fraction of sp³-hybridized carbons (Fsp3) is 0.571. The molecule has 2 rings (SSSR count). The number of alkyl halides is 1. The number of nitrogens with zero attached hydrogens (tertiary/aromatic N) is 1. The van der Waals surface area contributed by atoms with Gasteiger partial charge >= 0.3 is 0 Å². The molecule has 0 spiro atoms. The zero-order valence-electron chi connectivity index (χ0n) is 10.2. The van der Waals surface area contributed by atoms with E-state index >= 15 is 0 Å². The lowest BCUT2D eigenvalue weighted by atomic mass is 10.1. The number of hydrogen-bond acceptors (Lipinski definition) is 2. The highest BCUT2D eigenvalue weighted by atomic mass is 19.1. The molecule has 1 aromatic carbocycles. The van der Waals surface area contributed by atoms with Gasteiger partial charge in [-0.3, -0.25) is 0 Å². The van der Waals surface area contributed by atoms with Crippen molar-refractivity contribution in [3.63, 3.8) is 0 Å². The second-order valence-corrected chi connectivity index (χ2v) is 4.83. The minimum atomic E-state index is -0.451. The molecule has 1 aromatic rings. The van der Waals surface area contributed by atoms with Crippen LogP contribution >= 0.6 is 0 Å². The predicted molar refractivity (Wildman–Crippen MR) is 70.2 cm³/mol. The lowest BCUT2D eigenvalue weighted by Crippen LogP contribution is -2.29. The fourth-order valence-corrected chi connectivity index (χ4v) is 2.35. The summed E-state index contributed by atoms with van der Waals surface area (Å²) in [7, 11) is 0. The summed E-state index contributed by atoms with van der Waals surface area (Å²) in [4.78, 5) is 2.42. The molecule has 2 N–H and O–H groups in total. The van der Waals surface area contributed by atoms with Gasteiger partial charge in [-0.15, -0.1) is 0 Å². The summed E-state index contributed by atoms with van der Waals surface area (Å²) < 4.78 is 12.3. The van der Waals surface area contributed by atoms with Crippen molar-refractivity contribution >= 4 is 5.69 Å². The number of benzene rings is 1. The van der Waals surface area contributed by atoms with Crippen LogP contribution in [-0.2, 0) is 6.42 Å². The zero-order valence-corrected chi connectivity index (χ0v) is 10.2. The van der Waals surface area contributed by atoms with Crippen molar-refractivity contribution in [1.29, 1.82) is 0 Å². The van der Waals surface area contributed by atoms with Crippen LogP contribution in [-0.4, -0.2) is 25.8 Å². The third-order valence-corrected chi connectivity index (χ3v) is 3.35. The Bertz CT molecular complexity index is 331. The van der Waals surface area contributed by atoms with Gasteiger partial charge in [0.1, 0.15) is 6.67 Å². The van der Waals surface area contributed by atoms with Crippen LogP contribution in [0.3, 0.4) is 0 Å². The normalized spacial score (nSPS) is 18.1. The van der Waals surface area contributed by atoms with Crippen LogP contribution in [0, 0.1) is 0 Å². The second kappa shape index (κ2) is 6.01. The second-order valence-electron chi connectivity index (χ2n) is 4.83. The average Bonchev–Trinajstić information content (AvgIpc) is 2.40. The highest BCUT2D eigenvalue weighted by Crippen LogP contribution is 2.20. The Kier molecular flexibility index (Phi) is 4.37. The Hall–Kier alpha value is -1.09. The van der Waals surface area contributed by atoms with Crippen LogP contribution in [0.5, 0.6) is 0 Å². The van der Waals surface area contributed by atoms with Gasteiger partial charge in [-0.1, -0.05) is 12.1 Å². The van der Waals surface area contributed by atoms with Gasteiger partial charge < -0.3 is 10.6 Å². The molecule has 1 unspecified atom stereocenters. The molecular weight excluding hydrogens is 215 g/mol. The van der Waals surface area contributed by atoms with E-state index in [2.05, 4.69) is 29.2 Å². The summed E-state index contributed by atoms with van der Waals surface area (Å²) in [5.41, 5.74) is 8.00. The Morgan fingerprint density at radius 2 is 1.76 bits per heavy atom. The lowest BCUT2D eigenvalue weighted by molar-refractivity contribution is 0.427. The summed E-state index contributed by atoms with van der Waals surface area (Å²) in [5.74, 6) is 0. The van der Waals surface area contributed by atoms with E-state index < -0.39 is 6.67 Å². The maximum atomic E-state index is 12.3. The average molecular weight is 236 g/mol. The van der Waals surface area contributed by atoms with Crippen molar-refractivity contribution in [3.05, 3.63) is 29.8 Å². The summed E-state index contributed by atoms with van der Waals surface area (Å²) in [6.07, 6.45) is 4.54. The molecule has 2 nitrogen and oxygen atoms in total. The van der Waals surface area contributed by atoms with Crippen LogP contribution in [0.25, 0.3) is 0 Å². The van der Waals surface area contributed by atoms with Gasteiger partial charge in [0.15, 0.2) is 0 Å². The van der Waals surface area contributed by atoms with Gasteiger partial charge in [-0.25, -0.2) is 4.39 Å². The first-order valence-corrected chi connectivity index (χ1v) is 6.45. The Morgan fingerprint density at radius 1 is 1.12 bits per heavy atom. The van der Waals surface area contributed by atoms with E-state index in [9.17, 15) is 4.39 Å². The zero-order chi connectivity index (χ0) is 12.1. The minimum absolute atomic E-state index is 0.365. The van der Waals surface area contributed by atoms with E-state index in [1.165, 1.54) is 24.9 Å². The van der Waals surface area contributed by atoms with Crippen molar-refractivity contribution in [2.75, 3.05) is 24.7 Å². The molecule has 0 saturated carbocycles. The SMILES string of the molecule is NC(CF)Cc1ccc(N2CCCCC2)cc1. The van der Waals surface area contributed by atoms with Crippen molar-refractivity contribution < 1.29 is 4.39 Å². The molecule has 1 aliphatic heterocycles. The van der Waals surface area contributed by atoms with Crippen molar-refractivity contribution in [2.24, 2.45) is 5.73 Å². The fourth-order valence-electron chi connectivity index (χ4n) is 2.35. The van der Waals surface area contributed by atoms with Crippen LogP contribution in [0.15, 0.2) is 24.3 Å². The molecule has 17 heavy (non-hydrogen) atoms. The van der Waals surface area contributed by atoms with Gasteiger partial charge in [0, 0.05) is 24.8 Å².